The largest absolute Gasteiger partial charge is 0.382 e. The third-order valence-electron chi connectivity index (χ3n) is 5.13. The van der Waals surface area contributed by atoms with Gasteiger partial charge in [-0.2, -0.15) is 0 Å². The highest BCUT2D eigenvalue weighted by atomic mass is 16.3. The Balaban J connectivity index is 2.51. The molecule has 0 unspecified atom stereocenters. The van der Waals surface area contributed by atoms with Crippen molar-refractivity contribution in [2.45, 2.75) is 52.6 Å². The molecule has 0 amide bonds. The van der Waals surface area contributed by atoms with Crippen LogP contribution in [0.3, 0.4) is 0 Å². The zero-order valence-corrected chi connectivity index (χ0v) is 11.9. The zero-order valence-electron chi connectivity index (χ0n) is 11.9. The summed E-state index contributed by atoms with van der Waals surface area (Å²) in [5.41, 5.74) is -2.48. The van der Waals surface area contributed by atoms with E-state index in [1.807, 2.05) is 20.8 Å². The van der Waals surface area contributed by atoms with Gasteiger partial charge >= 0.3 is 0 Å². The van der Waals surface area contributed by atoms with Crippen molar-refractivity contribution < 1.29 is 19.5 Å². The highest BCUT2D eigenvalue weighted by Crippen LogP contribution is 2.55. The van der Waals surface area contributed by atoms with Gasteiger partial charge in [0.2, 0.25) is 0 Å². The fourth-order valence-electron chi connectivity index (χ4n) is 3.10. The van der Waals surface area contributed by atoms with Gasteiger partial charge in [0.15, 0.2) is 11.6 Å². The summed E-state index contributed by atoms with van der Waals surface area (Å²) in [7, 11) is 0. The molecule has 0 aromatic heterocycles. The van der Waals surface area contributed by atoms with Crippen LogP contribution in [0.5, 0.6) is 0 Å². The van der Waals surface area contributed by atoms with Crippen molar-refractivity contribution in [1.82, 2.24) is 0 Å². The molecule has 0 aliphatic heterocycles. The highest BCUT2D eigenvalue weighted by Gasteiger charge is 2.56. The normalized spacial score (nSPS) is 38.6. The summed E-state index contributed by atoms with van der Waals surface area (Å²) >= 11 is 0. The van der Waals surface area contributed by atoms with Crippen LogP contribution in [-0.2, 0) is 14.4 Å². The minimum absolute atomic E-state index is 0.119. The Morgan fingerprint density at radius 1 is 1.11 bits per heavy atom. The first-order chi connectivity index (χ1) is 8.52. The Bertz CT molecular complexity index is 510. The Kier molecular flexibility index (Phi) is 2.87. The topological polar surface area (TPSA) is 71.4 Å². The van der Waals surface area contributed by atoms with E-state index in [-0.39, 0.29) is 18.0 Å². The molecule has 4 heteroatoms. The molecular weight excluding hydrogens is 244 g/mol. The van der Waals surface area contributed by atoms with E-state index in [9.17, 15) is 19.5 Å². The molecule has 104 valence electrons. The van der Waals surface area contributed by atoms with Crippen LogP contribution in [-0.4, -0.2) is 28.1 Å². The summed E-state index contributed by atoms with van der Waals surface area (Å²) in [6, 6.07) is 0. The monoisotopic (exact) mass is 264 g/mol. The molecule has 2 rings (SSSR count). The third-order valence-corrected chi connectivity index (χ3v) is 5.13. The number of allylic oxidation sites excluding steroid dienone is 1. The van der Waals surface area contributed by atoms with E-state index in [0.29, 0.717) is 18.4 Å². The van der Waals surface area contributed by atoms with Crippen LogP contribution in [0.1, 0.15) is 47.0 Å². The van der Waals surface area contributed by atoms with Gasteiger partial charge in [0, 0.05) is 29.2 Å². The van der Waals surface area contributed by atoms with Gasteiger partial charge in [-0.1, -0.05) is 20.8 Å². The van der Waals surface area contributed by atoms with Gasteiger partial charge in [-0.05, 0) is 19.4 Å². The van der Waals surface area contributed by atoms with Gasteiger partial charge in [0.05, 0.1) is 0 Å². The first kappa shape index (κ1) is 14.1. The summed E-state index contributed by atoms with van der Waals surface area (Å²) in [5.74, 6) is -0.554. The molecule has 2 aliphatic carbocycles. The predicted octanol–water partition coefficient (Wildman–Crippen LogP) is 1.60. The van der Waals surface area contributed by atoms with Gasteiger partial charge in [0.25, 0.3) is 0 Å². The molecule has 4 nitrogen and oxygen atoms in total. The summed E-state index contributed by atoms with van der Waals surface area (Å²) < 4.78 is 0. The Labute approximate surface area is 112 Å². The summed E-state index contributed by atoms with van der Waals surface area (Å²) in [6.07, 6.45) is 2.06. The van der Waals surface area contributed by atoms with E-state index in [2.05, 4.69) is 0 Å². The van der Waals surface area contributed by atoms with Gasteiger partial charge in [0.1, 0.15) is 11.4 Å². The molecule has 1 N–H and O–H groups in total. The summed E-state index contributed by atoms with van der Waals surface area (Å²) in [6.45, 7) is 6.88. The lowest BCUT2D eigenvalue weighted by atomic mass is 9.61. The Hall–Kier alpha value is -1.29. The van der Waals surface area contributed by atoms with Crippen LogP contribution in [0.4, 0.5) is 0 Å². The van der Waals surface area contributed by atoms with E-state index in [1.54, 1.807) is 0 Å². The standard InChI is InChI=1S/C15H20O4/c1-13(2)11(17)5-6-14(13,3)9-7-12(18)15(4,19)8-10(9)16/h7,19H,5-6,8H2,1-4H3/t14-,15+/m1/s1. The summed E-state index contributed by atoms with van der Waals surface area (Å²) in [5, 5.41) is 9.86. The van der Waals surface area contributed by atoms with Gasteiger partial charge < -0.3 is 5.11 Å². The predicted molar refractivity (Wildman–Crippen MR) is 69.5 cm³/mol. The molecule has 0 spiro atoms. The number of hydrogen-bond acceptors (Lipinski definition) is 4. The van der Waals surface area contributed by atoms with E-state index in [1.165, 1.54) is 13.0 Å². The van der Waals surface area contributed by atoms with Gasteiger partial charge in [-0.3, -0.25) is 14.4 Å². The molecule has 0 bridgehead atoms. The van der Waals surface area contributed by atoms with Crippen LogP contribution in [0, 0.1) is 10.8 Å². The number of aliphatic hydroxyl groups is 1. The highest BCUT2D eigenvalue weighted by molar-refractivity contribution is 6.13. The number of rotatable bonds is 1. The van der Waals surface area contributed by atoms with Crippen molar-refractivity contribution in [3.05, 3.63) is 11.6 Å². The van der Waals surface area contributed by atoms with Crippen LogP contribution in [0.25, 0.3) is 0 Å². The number of carbonyl (C=O) groups excluding carboxylic acids is 3. The maximum absolute atomic E-state index is 12.3. The van der Waals surface area contributed by atoms with Crippen LogP contribution in [0.2, 0.25) is 0 Å². The number of Topliss-reactive ketones (excluding diaryl/α,β-unsaturated/α-hetero) is 2. The third kappa shape index (κ3) is 1.81. The summed E-state index contributed by atoms with van der Waals surface area (Å²) in [4.78, 5) is 36.1. The molecule has 2 aliphatic rings. The molecule has 0 aromatic rings. The quantitative estimate of drug-likeness (QED) is 0.781. The number of hydrogen-bond donors (Lipinski definition) is 1. The Morgan fingerprint density at radius 2 is 1.68 bits per heavy atom. The molecule has 0 radical (unpaired) electrons. The first-order valence-corrected chi connectivity index (χ1v) is 6.58. The Morgan fingerprint density at radius 3 is 2.16 bits per heavy atom. The second-order valence-electron chi connectivity index (χ2n) is 6.68. The van der Waals surface area contributed by atoms with E-state index >= 15 is 0 Å². The van der Waals surface area contributed by atoms with Crippen LogP contribution in [0.15, 0.2) is 11.6 Å². The fourth-order valence-corrected chi connectivity index (χ4v) is 3.10. The molecular formula is C15H20O4. The smallest absolute Gasteiger partial charge is 0.187 e. The van der Waals surface area contributed by atoms with Crippen molar-refractivity contribution in [2.24, 2.45) is 10.8 Å². The average Bonchev–Trinajstić information content (AvgIpc) is 2.48. The SMILES string of the molecule is CC1(C)C(=O)CC[C@]1(C)C1=CC(=O)[C@@](C)(O)CC1=O. The van der Waals surface area contributed by atoms with Gasteiger partial charge in [-0.15, -0.1) is 0 Å². The molecule has 0 saturated heterocycles. The lowest BCUT2D eigenvalue weighted by Crippen LogP contribution is -2.46. The molecule has 0 heterocycles. The van der Waals surface area contributed by atoms with Gasteiger partial charge in [-0.25, -0.2) is 0 Å². The van der Waals surface area contributed by atoms with E-state index in [4.69, 9.17) is 0 Å². The molecule has 1 saturated carbocycles. The first-order valence-electron chi connectivity index (χ1n) is 6.58. The molecule has 19 heavy (non-hydrogen) atoms. The molecule has 1 fully saturated rings. The maximum atomic E-state index is 12.3. The van der Waals surface area contributed by atoms with E-state index in [0.717, 1.165) is 0 Å². The molecule has 2 atom stereocenters. The van der Waals surface area contributed by atoms with Crippen LogP contribution < -0.4 is 0 Å². The van der Waals surface area contributed by atoms with Crippen LogP contribution >= 0.6 is 0 Å². The fraction of sp³-hybridized carbons (Fsp3) is 0.667. The van der Waals surface area contributed by atoms with Crippen molar-refractivity contribution in [1.29, 1.82) is 0 Å². The second kappa shape index (κ2) is 3.85. The number of ketones is 3. The average molecular weight is 264 g/mol. The number of carbonyl (C=O) groups is 3. The van der Waals surface area contributed by atoms with Crippen molar-refractivity contribution in [3.63, 3.8) is 0 Å². The molecule has 0 aromatic carbocycles. The van der Waals surface area contributed by atoms with Crippen molar-refractivity contribution in [2.75, 3.05) is 0 Å². The van der Waals surface area contributed by atoms with Crippen molar-refractivity contribution in [3.8, 4) is 0 Å². The maximum Gasteiger partial charge on any atom is 0.187 e. The van der Waals surface area contributed by atoms with E-state index < -0.39 is 22.2 Å². The lowest BCUT2D eigenvalue weighted by Gasteiger charge is -2.41. The second-order valence-corrected chi connectivity index (χ2v) is 6.68. The van der Waals surface area contributed by atoms with Crippen molar-refractivity contribution >= 4 is 17.3 Å². The lowest BCUT2D eigenvalue weighted by molar-refractivity contribution is -0.139. The zero-order chi connectivity index (χ0) is 14.6. The minimum atomic E-state index is -1.61. The minimum Gasteiger partial charge on any atom is -0.382 e.